The smallest absolute Gasteiger partial charge is 0.223 e. The van der Waals surface area contributed by atoms with Crippen LogP contribution in [-0.2, 0) is 11.3 Å². The van der Waals surface area contributed by atoms with Gasteiger partial charge in [0, 0.05) is 5.92 Å². The zero-order valence-corrected chi connectivity index (χ0v) is 14.0. The van der Waals surface area contributed by atoms with E-state index < -0.39 is 0 Å². The van der Waals surface area contributed by atoms with Crippen molar-refractivity contribution < 1.29 is 4.79 Å². The molecular weight excluding hydrogens is 276 g/mol. The number of carbonyl (C=O) groups excluding carboxylic acids is 1. The molecule has 0 spiro atoms. The van der Waals surface area contributed by atoms with Crippen LogP contribution in [0.2, 0.25) is 0 Å². The molecule has 2 saturated carbocycles. The van der Waals surface area contributed by atoms with E-state index in [1.54, 1.807) is 0 Å². The molecule has 0 aliphatic heterocycles. The van der Waals surface area contributed by atoms with Gasteiger partial charge in [0.15, 0.2) is 0 Å². The van der Waals surface area contributed by atoms with Crippen molar-refractivity contribution in [1.82, 2.24) is 20.3 Å². The zero-order valence-electron chi connectivity index (χ0n) is 14.0. The van der Waals surface area contributed by atoms with Gasteiger partial charge in [0.25, 0.3) is 0 Å². The molecule has 2 aliphatic carbocycles. The van der Waals surface area contributed by atoms with Crippen LogP contribution in [0.25, 0.3) is 0 Å². The SMILES string of the molecule is CC1CC(C(=O)NCc2cn(C3CCC3)nn2)CC(C)(C)C1. The molecule has 1 aromatic heterocycles. The number of carbonyl (C=O) groups is 1. The summed E-state index contributed by atoms with van der Waals surface area (Å²) >= 11 is 0. The molecule has 122 valence electrons. The van der Waals surface area contributed by atoms with Gasteiger partial charge in [-0.25, -0.2) is 4.68 Å². The molecule has 3 rings (SSSR count). The van der Waals surface area contributed by atoms with Crippen LogP contribution in [0.5, 0.6) is 0 Å². The van der Waals surface area contributed by atoms with Gasteiger partial charge >= 0.3 is 0 Å². The first-order valence-corrected chi connectivity index (χ1v) is 8.61. The van der Waals surface area contributed by atoms with Crippen molar-refractivity contribution >= 4 is 5.91 Å². The van der Waals surface area contributed by atoms with Crippen molar-refractivity contribution in [3.8, 4) is 0 Å². The van der Waals surface area contributed by atoms with Crippen molar-refractivity contribution in [3.05, 3.63) is 11.9 Å². The van der Waals surface area contributed by atoms with E-state index in [1.165, 1.54) is 25.7 Å². The van der Waals surface area contributed by atoms with E-state index in [4.69, 9.17) is 0 Å². The molecule has 1 N–H and O–H groups in total. The second-order valence-electron chi connectivity index (χ2n) is 8.10. The monoisotopic (exact) mass is 304 g/mol. The highest BCUT2D eigenvalue weighted by Gasteiger charge is 2.35. The van der Waals surface area contributed by atoms with Crippen LogP contribution in [0.4, 0.5) is 0 Å². The number of nitrogens with zero attached hydrogens (tertiary/aromatic N) is 3. The zero-order chi connectivity index (χ0) is 15.7. The van der Waals surface area contributed by atoms with Crippen molar-refractivity contribution in [3.63, 3.8) is 0 Å². The van der Waals surface area contributed by atoms with E-state index in [0.717, 1.165) is 18.5 Å². The molecule has 1 heterocycles. The van der Waals surface area contributed by atoms with Crippen LogP contribution in [0.15, 0.2) is 6.20 Å². The van der Waals surface area contributed by atoms with Gasteiger partial charge in [0.1, 0.15) is 5.69 Å². The molecule has 2 unspecified atom stereocenters. The van der Waals surface area contributed by atoms with Crippen LogP contribution >= 0.6 is 0 Å². The maximum Gasteiger partial charge on any atom is 0.223 e. The lowest BCUT2D eigenvalue weighted by molar-refractivity contribution is -0.128. The van der Waals surface area contributed by atoms with Gasteiger partial charge < -0.3 is 5.32 Å². The second-order valence-corrected chi connectivity index (χ2v) is 8.10. The maximum absolute atomic E-state index is 12.4. The lowest BCUT2D eigenvalue weighted by atomic mass is 9.68. The molecule has 22 heavy (non-hydrogen) atoms. The van der Waals surface area contributed by atoms with Crippen LogP contribution in [-0.4, -0.2) is 20.9 Å². The molecule has 5 heteroatoms. The van der Waals surface area contributed by atoms with Crippen molar-refractivity contribution in [1.29, 1.82) is 0 Å². The Kier molecular flexibility index (Phi) is 4.24. The van der Waals surface area contributed by atoms with Crippen LogP contribution < -0.4 is 5.32 Å². The fourth-order valence-corrected chi connectivity index (χ4v) is 4.09. The third-order valence-corrected chi connectivity index (χ3v) is 5.21. The molecule has 2 fully saturated rings. The van der Waals surface area contributed by atoms with E-state index >= 15 is 0 Å². The predicted molar refractivity (Wildman–Crippen MR) is 85.0 cm³/mol. The lowest BCUT2D eigenvalue weighted by Gasteiger charge is -2.38. The average Bonchev–Trinajstić information content (AvgIpc) is 2.79. The molecule has 2 atom stereocenters. The summed E-state index contributed by atoms with van der Waals surface area (Å²) in [5.74, 6) is 0.942. The predicted octanol–water partition coefficient (Wildman–Crippen LogP) is 3.08. The first-order chi connectivity index (χ1) is 10.4. The Morgan fingerprint density at radius 3 is 2.82 bits per heavy atom. The molecule has 1 amide bonds. The number of nitrogens with one attached hydrogen (secondary N) is 1. The number of aromatic nitrogens is 3. The van der Waals surface area contributed by atoms with Gasteiger partial charge in [-0.15, -0.1) is 5.10 Å². The van der Waals surface area contributed by atoms with Gasteiger partial charge in [-0.05, 0) is 49.9 Å². The molecule has 0 radical (unpaired) electrons. The Morgan fingerprint density at radius 1 is 1.41 bits per heavy atom. The first kappa shape index (κ1) is 15.5. The molecule has 5 nitrogen and oxygen atoms in total. The van der Waals surface area contributed by atoms with Crippen LogP contribution in [0.3, 0.4) is 0 Å². The molecular formula is C17H28N4O. The summed E-state index contributed by atoms with van der Waals surface area (Å²) in [4.78, 5) is 12.4. The third-order valence-electron chi connectivity index (χ3n) is 5.21. The van der Waals surface area contributed by atoms with Crippen molar-refractivity contribution in [2.24, 2.45) is 17.3 Å². The second kappa shape index (κ2) is 6.01. The quantitative estimate of drug-likeness (QED) is 0.930. The van der Waals surface area contributed by atoms with E-state index in [9.17, 15) is 4.79 Å². The summed E-state index contributed by atoms with van der Waals surface area (Å²) in [6.45, 7) is 7.29. The van der Waals surface area contributed by atoms with Gasteiger partial charge in [0.05, 0.1) is 18.8 Å². The fourth-order valence-electron chi connectivity index (χ4n) is 4.09. The summed E-state index contributed by atoms with van der Waals surface area (Å²) in [5.41, 5.74) is 1.14. The Morgan fingerprint density at radius 2 is 2.18 bits per heavy atom. The van der Waals surface area contributed by atoms with Crippen LogP contribution in [0.1, 0.15) is 71.0 Å². The van der Waals surface area contributed by atoms with Crippen molar-refractivity contribution in [2.45, 2.75) is 71.9 Å². The topological polar surface area (TPSA) is 59.8 Å². The van der Waals surface area contributed by atoms with Crippen molar-refractivity contribution in [2.75, 3.05) is 0 Å². The first-order valence-electron chi connectivity index (χ1n) is 8.61. The number of rotatable bonds is 4. The van der Waals surface area contributed by atoms with E-state index in [1.807, 2.05) is 10.9 Å². The number of amides is 1. The van der Waals surface area contributed by atoms with Gasteiger partial charge in [-0.3, -0.25) is 4.79 Å². The molecule has 1 aromatic rings. The molecule has 0 aromatic carbocycles. The number of hydrogen-bond acceptors (Lipinski definition) is 3. The highest BCUT2D eigenvalue weighted by atomic mass is 16.1. The third kappa shape index (κ3) is 3.50. The minimum atomic E-state index is 0.139. The highest BCUT2D eigenvalue weighted by molar-refractivity contribution is 5.78. The summed E-state index contributed by atoms with van der Waals surface area (Å²) in [6, 6.07) is 0.525. The molecule has 2 aliphatic rings. The highest BCUT2D eigenvalue weighted by Crippen LogP contribution is 2.41. The Balaban J connectivity index is 1.52. The summed E-state index contributed by atoms with van der Waals surface area (Å²) in [5, 5.41) is 11.4. The maximum atomic E-state index is 12.4. The number of hydrogen-bond donors (Lipinski definition) is 1. The van der Waals surface area contributed by atoms with E-state index in [0.29, 0.717) is 18.5 Å². The Hall–Kier alpha value is -1.39. The van der Waals surface area contributed by atoms with Crippen LogP contribution in [0, 0.1) is 17.3 Å². The minimum Gasteiger partial charge on any atom is -0.350 e. The van der Waals surface area contributed by atoms with Gasteiger partial charge in [-0.1, -0.05) is 26.0 Å². The standard InChI is InChI=1S/C17H28N4O/c1-12-7-13(9-17(2,3)8-12)16(22)18-10-14-11-21(20-19-14)15-5-4-6-15/h11-13,15H,4-10H2,1-3H3,(H,18,22). The summed E-state index contributed by atoms with van der Waals surface area (Å²) < 4.78 is 1.96. The average molecular weight is 304 g/mol. The fraction of sp³-hybridized carbons (Fsp3) is 0.824. The van der Waals surface area contributed by atoms with Gasteiger partial charge in [0.2, 0.25) is 5.91 Å². The normalized spacial score (nSPS) is 28.1. The Bertz CT molecular complexity index is 533. The van der Waals surface area contributed by atoms with E-state index in [2.05, 4.69) is 36.4 Å². The molecule has 0 saturated heterocycles. The largest absolute Gasteiger partial charge is 0.350 e. The van der Waals surface area contributed by atoms with Gasteiger partial charge in [-0.2, -0.15) is 0 Å². The minimum absolute atomic E-state index is 0.139. The summed E-state index contributed by atoms with van der Waals surface area (Å²) in [7, 11) is 0. The summed E-state index contributed by atoms with van der Waals surface area (Å²) in [6.07, 6.45) is 8.87. The Labute approximate surface area is 132 Å². The molecule has 0 bridgehead atoms. The van der Waals surface area contributed by atoms with E-state index in [-0.39, 0.29) is 17.2 Å². The lowest BCUT2D eigenvalue weighted by Crippen LogP contribution is -2.38.